The molecule has 0 saturated carbocycles. The summed E-state index contributed by atoms with van der Waals surface area (Å²) in [5, 5.41) is 2.09. The van der Waals surface area contributed by atoms with Crippen LogP contribution in [0.3, 0.4) is 0 Å². The zero-order chi connectivity index (χ0) is 17.2. The molecule has 1 aliphatic heterocycles. The number of amides is 1. The molecule has 1 aromatic carbocycles. The van der Waals surface area contributed by atoms with Crippen LogP contribution in [-0.2, 0) is 25.1 Å². The van der Waals surface area contributed by atoms with E-state index in [9.17, 15) is 13.2 Å². The summed E-state index contributed by atoms with van der Waals surface area (Å²) >= 11 is 1.35. The lowest BCUT2D eigenvalue weighted by Gasteiger charge is -2.15. The lowest BCUT2D eigenvalue weighted by atomic mass is 10.2. The summed E-state index contributed by atoms with van der Waals surface area (Å²) in [5.74, 6) is -0.701. The lowest BCUT2D eigenvalue weighted by molar-refractivity contribution is -0.120. The minimum Gasteiger partial charge on any atom is -0.376 e. The second kappa shape index (κ2) is 7.16. The van der Waals surface area contributed by atoms with Crippen LogP contribution >= 0.6 is 11.3 Å². The number of carbonyl (C=O) groups is 1. The lowest BCUT2D eigenvalue weighted by Crippen LogP contribution is -2.41. The maximum atomic E-state index is 12.5. The molecule has 2 aromatic rings. The number of rotatable bonds is 6. The van der Waals surface area contributed by atoms with E-state index in [-0.39, 0.29) is 11.9 Å². The molecule has 130 valence electrons. The van der Waals surface area contributed by atoms with Crippen LogP contribution in [0.15, 0.2) is 24.3 Å². The van der Waals surface area contributed by atoms with Crippen molar-refractivity contribution in [3.05, 3.63) is 29.3 Å². The molecule has 3 rings (SSSR count). The Balaban J connectivity index is 1.63. The summed E-state index contributed by atoms with van der Waals surface area (Å²) in [6.45, 7) is 2.49. The van der Waals surface area contributed by atoms with Gasteiger partial charge in [0.25, 0.3) is 0 Å². The summed E-state index contributed by atoms with van der Waals surface area (Å²) in [6, 6.07) is 7.50. The molecule has 2 heterocycles. The van der Waals surface area contributed by atoms with Crippen LogP contribution in [0.4, 0.5) is 0 Å². The van der Waals surface area contributed by atoms with E-state index in [1.54, 1.807) is 0 Å². The minimum absolute atomic E-state index is 0.00637. The molecule has 0 bridgehead atoms. The Morgan fingerprint density at radius 3 is 2.96 bits per heavy atom. The van der Waals surface area contributed by atoms with Crippen LogP contribution in [0.5, 0.6) is 0 Å². The average Bonchev–Trinajstić information content (AvgIpc) is 3.19. The Morgan fingerprint density at radius 2 is 2.25 bits per heavy atom. The molecule has 0 spiro atoms. The fourth-order valence-corrected chi connectivity index (χ4v) is 5.16. The Kier molecular flexibility index (Phi) is 5.17. The first-order valence-electron chi connectivity index (χ1n) is 7.91. The average molecular weight is 368 g/mol. The first-order valence-corrected chi connectivity index (χ1v) is 10.4. The summed E-state index contributed by atoms with van der Waals surface area (Å²) < 4.78 is 31.3. The van der Waals surface area contributed by atoms with Gasteiger partial charge in [0, 0.05) is 13.2 Å². The molecule has 1 fully saturated rings. The molecular formula is C16H20N2O4S2. The van der Waals surface area contributed by atoms with Gasteiger partial charge in [0.2, 0.25) is 5.91 Å². The number of carbonyl (C=O) groups excluding carboxylic acids is 1. The van der Waals surface area contributed by atoms with Gasteiger partial charge in [-0.25, -0.2) is 13.4 Å². The highest BCUT2D eigenvalue weighted by Crippen LogP contribution is 2.24. The van der Waals surface area contributed by atoms with Crippen molar-refractivity contribution in [3.8, 4) is 0 Å². The maximum absolute atomic E-state index is 12.5. The number of fused-ring (bicyclic) bond motifs is 1. The van der Waals surface area contributed by atoms with E-state index in [0.29, 0.717) is 18.2 Å². The summed E-state index contributed by atoms with van der Waals surface area (Å²) in [7, 11) is -3.61. The van der Waals surface area contributed by atoms with Gasteiger partial charge in [0.05, 0.1) is 16.3 Å². The summed E-state index contributed by atoms with van der Waals surface area (Å²) in [6.07, 6.45) is 1.87. The largest absolute Gasteiger partial charge is 0.376 e. The van der Waals surface area contributed by atoms with Gasteiger partial charge in [-0.1, -0.05) is 12.1 Å². The van der Waals surface area contributed by atoms with E-state index in [1.165, 1.54) is 18.3 Å². The zero-order valence-corrected chi connectivity index (χ0v) is 15.0. The fourth-order valence-electron chi connectivity index (χ4n) is 2.61. The van der Waals surface area contributed by atoms with Gasteiger partial charge in [0.1, 0.15) is 16.0 Å². The molecule has 1 aromatic heterocycles. The molecular weight excluding hydrogens is 348 g/mol. The topological polar surface area (TPSA) is 85.4 Å². The van der Waals surface area contributed by atoms with Crippen molar-refractivity contribution in [2.45, 2.75) is 36.9 Å². The van der Waals surface area contributed by atoms with Crippen molar-refractivity contribution < 1.29 is 17.9 Å². The van der Waals surface area contributed by atoms with Crippen LogP contribution in [0.2, 0.25) is 0 Å². The van der Waals surface area contributed by atoms with Crippen LogP contribution in [-0.4, -0.2) is 43.8 Å². The molecule has 1 aliphatic rings. The van der Waals surface area contributed by atoms with Crippen LogP contribution in [0.25, 0.3) is 10.2 Å². The second-order valence-electron chi connectivity index (χ2n) is 5.90. The van der Waals surface area contributed by atoms with Gasteiger partial charge in [-0.2, -0.15) is 0 Å². The Hall–Kier alpha value is -1.51. The molecule has 1 saturated heterocycles. The van der Waals surface area contributed by atoms with Crippen molar-refractivity contribution in [1.29, 1.82) is 0 Å². The van der Waals surface area contributed by atoms with Gasteiger partial charge >= 0.3 is 0 Å². The van der Waals surface area contributed by atoms with E-state index < -0.39 is 21.0 Å². The standard InChI is InChI=1S/C16H20N2O4S2/c1-11(16(19)17-9-12-5-4-8-22-12)24(20,21)10-15-18-13-6-2-3-7-14(13)23-15/h2-3,6-7,11-12H,4-5,8-10H2,1H3,(H,17,19)/t11-,12+/m0/s1. The first-order chi connectivity index (χ1) is 11.5. The van der Waals surface area contributed by atoms with Crippen molar-refractivity contribution in [2.24, 2.45) is 0 Å². The van der Waals surface area contributed by atoms with Gasteiger partial charge in [-0.05, 0) is 31.9 Å². The molecule has 24 heavy (non-hydrogen) atoms. The number of benzene rings is 1. The molecule has 2 atom stereocenters. The third-order valence-corrected chi connectivity index (χ3v) is 7.29. The summed E-state index contributed by atoms with van der Waals surface area (Å²) in [4.78, 5) is 16.5. The number of ether oxygens (including phenoxy) is 1. The van der Waals surface area contributed by atoms with Crippen LogP contribution in [0.1, 0.15) is 24.8 Å². The third-order valence-electron chi connectivity index (χ3n) is 4.10. The maximum Gasteiger partial charge on any atom is 0.238 e. The quantitative estimate of drug-likeness (QED) is 0.842. The smallest absolute Gasteiger partial charge is 0.238 e. The Morgan fingerprint density at radius 1 is 1.46 bits per heavy atom. The third kappa shape index (κ3) is 3.93. The van der Waals surface area contributed by atoms with E-state index in [4.69, 9.17) is 4.74 Å². The van der Waals surface area contributed by atoms with Crippen LogP contribution < -0.4 is 5.32 Å². The van der Waals surface area contributed by atoms with Gasteiger partial charge < -0.3 is 10.1 Å². The number of thiazole rings is 1. The van der Waals surface area contributed by atoms with Gasteiger partial charge in [-0.15, -0.1) is 11.3 Å². The number of hydrogen-bond donors (Lipinski definition) is 1. The molecule has 1 amide bonds. The van der Waals surface area contributed by atoms with E-state index >= 15 is 0 Å². The summed E-state index contributed by atoms with van der Waals surface area (Å²) in [5.41, 5.74) is 0.781. The highest BCUT2D eigenvalue weighted by Gasteiger charge is 2.30. The van der Waals surface area contributed by atoms with Crippen molar-refractivity contribution in [1.82, 2.24) is 10.3 Å². The Bertz CT molecular complexity index is 792. The SMILES string of the molecule is C[C@@H](C(=O)NC[C@H]1CCCO1)S(=O)(=O)Cc1nc2ccccc2s1. The minimum atomic E-state index is -3.61. The highest BCUT2D eigenvalue weighted by atomic mass is 32.2. The van der Waals surface area contributed by atoms with Crippen molar-refractivity contribution in [2.75, 3.05) is 13.2 Å². The molecule has 8 heteroatoms. The predicted octanol–water partition coefficient (Wildman–Crippen LogP) is 1.89. The van der Waals surface area contributed by atoms with E-state index in [2.05, 4.69) is 10.3 Å². The monoisotopic (exact) mass is 368 g/mol. The Labute approximate surface area is 145 Å². The number of nitrogens with one attached hydrogen (secondary N) is 1. The number of nitrogens with zero attached hydrogens (tertiary/aromatic N) is 1. The number of para-hydroxylation sites is 1. The molecule has 1 N–H and O–H groups in total. The van der Waals surface area contributed by atoms with Gasteiger partial charge in [0.15, 0.2) is 9.84 Å². The van der Waals surface area contributed by atoms with E-state index in [0.717, 1.165) is 23.1 Å². The number of hydrogen-bond acceptors (Lipinski definition) is 6. The second-order valence-corrected chi connectivity index (χ2v) is 9.34. The molecule has 0 radical (unpaired) electrons. The molecule has 6 nitrogen and oxygen atoms in total. The first kappa shape index (κ1) is 17.3. The highest BCUT2D eigenvalue weighted by molar-refractivity contribution is 7.92. The van der Waals surface area contributed by atoms with Crippen molar-refractivity contribution >= 4 is 37.3 Å². The van der Waals surface area contributed by atoms with Gasteiger partial charge in [-0.3, -0.25) is 4.79 Å². The molecule has 0 aliphatic carbocycles. The predicted molar refractivity (Wildman–Crippen MR) is 93.7 cm³/mol. The van der Waals surface area contributed by atoms with Crippen LogP contribution in [0, 0.1) is 0 Å². The number of sulfone groups is 1. The van der Waals surface area contributed by atoms with E-state index in [1.807, 2.05) is 24.3 Å². The number of aromatic nitrogens is 1. The zero-order valence-electron chi connectivity index (χ0n) is 13.4. The fraction of sp³-hybridized carbons (Fsp3) is 0.500. The van der Waals surface area contributed by atoms with Crippen molar-refractivity contribution in [3.63, 3.8) is 0 Å². The normalized spacial score (nSPS) is 19.5. The molecule has 0 unspecified atom stereocenters.